The molecular formula is C37H11BF20N2. The van der Waals surface area contributed by atoms with E-state index in [0.717, 1.165) is 6.54 Å². The highest BCUT2D eigenvalue weighted by atomic mass is 19.2. The van der Waals surface area contributed by atoms with E-state index in [0.29, 0.717) is 5.69 Å². The van der Waals surface area contributed by atoms with Crippen LogP contribution >= 0.6 is 0 Å². The molecule has 0 saturated heterocycles. The molecule has 1 heterocycles. The van der Waals surface area contributed by atoms with Gasteiger partial charge in [0.05, 0.1) is 0 Å². The molecule has 312 valence electrons. The zero-order chi connectivity index (χ0) is 44.9. The van der Waals surface area contributed by atoms with Crippen LogP contribution in [0.1, 0.15) is 11.3 Å². The van der Waals surface area contributed by atoms with Crippen molar-refractivity contribution in [3.05, 3.63) is 182 Å². The van der Waals surface area contributed by atoms with E-state index >= 15 is 35.1 Å². The number of rotatable bonds is 6. The van der Waals surface area contributed by atoms with Gasteiger partial charge in [-0.05, 0) is 6.07 Å². The Morgan fingerprint density at radius 1 is 0.350 bits per heavy atom. The van der Waals surface area contributed by atoms with Crippen molar-refractivity contribution in [3.63, 3.8) is 0 Å². The molecule has 0 aliphatic carbocycles. The van der Waals surface area contributed by atoms with Crippen molar-refractivity contribution in [3.8, 4) is 6.07 Å². The van der Waals surface area contributed by atoms with Crippen molar-refractivity contribution >= 4 is 28.0 Å². The largest absolute Gasteiger partial charge is 0.283 e. The zero-order valence-electron chi connectivity index (χ0n) is 28.4. The lowest BCUT2D eigenvalue weighted by Gasteiger charge is -2.44. The predicted octanol–water partition coefficient (Wildman–Crippen LogP) is 7.74. The molecule has 0 N–H and O–H groups in total. The maximum atomic E-state index is 15.4. The van der Waals surface area contributed by atoms with E-state index < -0.39 is 144 Å². The van der Waals surface area contributed by atoms with E-state index in [1.807, 2.05) is 47.2 Å². The molecule has 6 aromatic rings. The fourth-order valence-electron chi connectivity index (χ4n) is 6.37. The summed E-state index contributed by atoms with van der Waals surface area (Å²) in [5.41, 5.74) is -12.4. The smallest absolute Gasteiger partial charge is 0.207 e. The molecule has 0 aliphatic rings. The summed E-state index contributed by atoms with van der Waals surface area (Å²) in [6, 6.07) is 17.9. The van der Waals surface area contributed by atoms with E-state index in [9.17, 15) is 52.7 Å². The Kier molecular flexibility index (Phi) is 12.3. The SMILES string of the molecule is Fc1c(F)c(F)c([B-](c2c(F)c(F)c(F)c(F)c2F)(c2c(F)c(F)c(F)c(F)c2F)c2c(F)c(F)c(F)c(F)c2F)c(F)c1F.N#Cc1cccc[n+]1Cc1ccccc1. The van der Waals surface area contributed by atoms with Crippen molar-refractivity contribution in [2.75, 3.05) is 0 Å². The molecule has 0 aliphatic heterocycles. The molecule has 0 atom stereocenters. The number of nitrogens with zero attached hydrogens (tertiary/aromatic N) is 2. The Morgan fingerprint density at radius 3 is 0.867 bits per heavy atom. The number of pyridine rings is 1. The summed E-state index contributed by atoms with van der Waals surface area (Å²) in [5.74, 6) is -71.4. The van der Waals surface area contributed by atoms with Gasteiger partial charge in [-0.25, -0.2) is 87.8 Å². The first-order valence-corrected chi connectivity index (χ1v) is 15.8. The lowest BCUT2D eigenvalue weighted by Crippen LogP contribution is -2.81. The molecule has 0 amide bonds. The summed E-state index contributed by atoms with van der Waals surface area (Å²) < 4.78 is 296. The van der Waals surface area contributed by atoms with Gasteiger partial charge in [-0.2, -0.15) is 9.83 Å². The topological polar surface area (TPSA) is 27.7 Å². The molecular weight excluding hydrogens is 863 g/mol. The van der Waals surface area contributed by atoms with Gasteiger partial charge in [0.25, 0.3) is 5.69 Å². The van der Waals surface area contributed by atoms with Crippen LogP contribution in [-0.2, 0) is 6.54 Å². The minimum atomic E-state index is -7.22. The molecule has 23 heteroatoms. The van der Waals surface area contributed by atoms with Gasteiger partial charge < -0.3 is 0 Å². The van der Waals surface area contributed by atoms with Crippen molar-refractivity contribution < 1.29 is 92.4 Å². The van der Waals surface area contributed by atoms with E-state index in [4.69, 9.17) is 5.26 Å². The third-order valence-electron chi connectivity index (χ3n) is 8.96. The highest BCUT2D eigenvalue weighted by Crippen LogP contribution is 2.30. The van der Waals surface area contributed by atoms with E-state index in [1.54, 1.807) is 0 Å². The highest BCUT2D eigenvalue weighted by molar-refractivity contribution is 7.20. The summed E-state index contributed by atoms with van der Waals surface area (Å²) in [5, 5.41) is 8.93. The van der Waals surface area contributed by atoms with Gasteiger partial charge >= 0.3 is 0 Å². The van der Waals surface area contributed by atoms with E-state index in [-0.39, 0.29) is 0 Å². The number of hydrogen-bond donors (Lipinski definition) is 0. The molecule has 2 nitrogen and oxygen atoms in total. The molecule has 0 radical (unpaired) electrons. The van der Waals surface area contributed by atoms with Gasteiger partial charge in [0.15, 0.2) is 88.6 Å². The summed E-state index contributed by atoms with van der Waals surface area (Å²) >= 11 is 0. The van der Waals surface area contributed by atoms with E-state index in [1.165, 1.54) is 5.56 Å². The fraction of sp³-hybridized carbons (Fsp3) is 0.0270. The van der Waals surface area contributed by atoms with Crippen LogP contribution in [0.3, 0.4) is 0 Å². The highest BCUT2D eigenvalue weighted by Gasteiger charge is 2.52. The quantitative estimate of drug-likeness (QED) is 0.0554. The standard InChI is InChI=1S/C24BF20.C13H11N2/c26-5-1(6(27)14(35)21(42)13(5)34)25(2-7(28)15(36)22(43)16(37)8(2)29,3-9(30)17(38)23(44)18(39)10(3)31)4-11(32)19(40)24(45)20(41)12(4)33;14-10-13-8-4-5-9-15(13)11-12-6-2-1-3-7-12/h;1-9H,11H2/q-1;+1. The summed E-state index contributed by atoms with van der Waals surface area (Å²) in [4.78, 5) is 0. The number of halogens is 20. The summed E-state index contributed by atoms with van der Waals surface area (Å²) in [6.07, 6.45) is -5.29. The molecule has 0 fully saturated rings. The molecule has 0 spiro atoms. The Morgan fingerprint density at radius 2 is 0.600 bits per heavy atom. The summed E-state index contributed by atoms with van der Waals surface area (Å²) in [6.45, 7) is 0.741. The van der Waals surface area contributed by atoms with Crippen LogP contribution in [0.4, 0.5) is 87.8 Å². The van der Waals surface area contributed by atoms with Crippen LogP contribution in [0.15, 0.2) is 54.7 Å². The minimum Gasteiger partial charge on any atom is -0.207 e. The minimum absolute atomic E-state index is 0.682. The molecule has 0 unspecified atom stereocenters. The number of hydrogen-bond acceptors (Lipinski definition) is 1. The van der Waals surface area contributed by atoms with Gasteiger partial charge in [0, 0.05) is 17.7 Å². The second-order valence-corrected chi connectivity index (χ2v) is 12.1. The van der Waals surface area contributed by atoms with Gasteiger partial charge in [-0.15, -0.1) is 21.9 Å². The normalized spacial score (nSPS) is 11.4. The first kappa shape index (κ1) is 44.5. The number of nitriles is 1. The van der Waals surface area contributed by atoms with Crippen molar-refractivity contribution in [1.29, 1.82) is 5.26 Å². The molecule has 6 rings (SSSR count). The summed E-state index contributed by atoms with van der Waals surface area (Å²) in [7, 11) is 0. The second-order valence-electron chi connectivity index (χ2n) is 12.1. The van der Waals surface area contributed by atoms with Crippen LogP contribution in [0.5, 0.6) is 0 Å². The fourth-order valence-corrected chi connectivity index (χ4v) is 6.37. The zero-order valence-corrected chi connectivity index (χ0v) is 28.4. The molecule has 60 heavy (non-hydrogen) atoms. The maximum Gasteiger partial charge on any atom is 0.283 e. The van der Waals surface area contributed by atoms with Gasteiger partial charge in [-0.1, -0.05) is 30.3 Å². The second kappa shape index (κ2) is 16.6. The number of benzene rings is 5. The first-order chi connectivity index (χ1) is 28.1. The Labute approximate surface area is 320 Å². The average Bonchev–Trinajstić information content (AvgIpc) is 3.24. The monoisotopic (exact) mass is 874 g/mol. The molecule has 0 bridgehead atoms. The van der Waals surface area contributed by atoms with Crippen LogP contribution in [0.25, 0.3) is 0 Å². The Hall–Kier alpha value is -6.60. The van der Waals surface area contributed by atoms with Crippen LogP contribution in [0, 0.1) is 128 Å². The van der Waals surface area contributed by atoms with Crippen LogP contribution < -0.4 is 26.4 Å². The lowest BCUT2D eigenvalue weighted by atomic mass is 9.12. The van der Waals surface area contributed by atoms with Crippen molar-refractivity contribution in [2.45, 2.75) is 6.54 Å². The molecule has 5 aromatic carbocycles. The van der Waals surface area contributed by atoms with Gasteiger partial charge in [0.2, 0.25) is 0 Å². The average molecular weight is 874 g/mol. The third kappa shape index (κ3) is 6.82. The van der Waals surface area contributed by atoms with Crippen molar-refractivity contribution in [2.24, 2.45) is 0 Å². The van der Waals surface area contributed by atoms with Crippen molar-refractivity contribution in [1.82, 2.24) is 0 Å². The third-order valence-corrected chi connectivity index (χ3v) is 8.96. The van der Waals surface area contributed by atoms with E-state index in [2.05, 4.69) is 18.2 Å². The van der Waals surface area contributed by atoms with Gasteiger partial charge in [0.1, 0.15) is 52.7 Å². The number of aromatic nitrogens is 1. The Balaban J connectivity index is 0.000000379. The Bertz CT molecular complexity index is 2370. The predicted molar refractivity (Wildman–Crippen MR) is 166 cm³/mol. The van der Waals surface area contributed by atoms with Gasteiger partial charge in [-0.3, -0.25) is 0 Å². The lowest BCUT2D eigenvalue weighted by molar-refractivity contribution is -0.690. The first-order valence-electron chi connectivity index (χ1n) is 15.8. The van der Waals surface area contributed by atoms with Crippen LogP contribution in [-0.4, -0.2) is 6.15 Å². The molecule has 1 aromatic heterocycles. The molecule has 0 saturated carbocycles. The van der Waals surface area contributed by atoms with Crippen LogP contribution in [0.2, 0.25) is 0 Å². The maximum absolute atomic E-state index is 15.4.